The molecule has 0 radical (unpaired) electrons. The monoisotopic (exact) mass is 475 g/mol. The molecule has 10 nitrogen and oxygen atoms in total. The fourth-order valence-corrected chi connectivity index (χ4v) is 4.49. The second-order valence-corrected chi connectivity index (χ2v) is 9.24. The number of hydrogen-bond acceptors (Lipinski definition) is 7. The number of hydrogen-bond donors (Lipinski definition) is 2. The maximum absolute atomic E-state index is 12.6. The third-order valence-electron chi connectivity index (χ3n) is 4.78. The van der Waals surface area contributed by atoms with Gasteiger partial charge in [0.15, 0.2) is 6.61 Å². The van der Waals surface area contributed by atoms with Crippen LogP contribution in [0.5, 0.6) is 0 Å². The molecule has 2 amide bonds. The van der Waals surface area contributed by atoms with Gasteiger partial charge in [-0.05, 0) is 43.3 Å². The van der Waals surface area contributed by atoms with E-state index in [-0.39, 0.29) is 24.5 Å². The van der Waals surface area contributed by atoms with Crippen molar-refractivity contribution in [1.29, 1.82) is 0 Å². The molecule has 1 aliphatic heterocycles. The molecular weight excluding hydrogens is 450 g/mol. The Bertz CT molecular complexity index is 1110. The lowest BCUT2D eigenvalue weighted by atomic mass is 10.1. The molecule has 1 fully saturated rings. The first-order valence-corrected chi connectivity index (χ1v) is 11.7. The standard InChI is InChI=1S/C22H25N3O7S/c1-16-3-2-4-17(13-16)22(28)23-14-21(27)32-15-20(26)24-18-5-7-19(8-6-18)33(29,30)25-9-11-31-12-10-25/h2-8,13H,9-12,14-15H2,1H3,(H,23,28)(H,24,26). The van der Waals surface area contributed by atoms with Crippen molar-refractivity contribution >= 4 is 33.5 Å². The largest absolute Gasteiger partial charge is 0.454 e. The van der Waals surface area contributed by atoms with Crippen molar-refractivity contribution in [2.45, 2.75) is 11.8 Å². The van der Waals surface area contributed by atoms with Crippen LogP contribution in [0.3, 0.4) is 0 Å². The van der Waals surface area contributed by atoms with Gasteiger partial charge in [0.25, 0.3) is 11.8 Å². The second kappa shape index (κ2) is 11.0. The number of rotatable bonds is 8. The van der Waals surface area contributed by atoms with E-state index < -0.39 is 34.4 Å². The predicted octanol–water partition coefficient (Wildman–Crippen LogP) is 0.928. The van der Waals surface area contributed by atoms with Gasteiger partial charge in [-0.15, -0.1) is 0 Å². The number of carbonyl (C=O) groups excluding carboxylic acids is 3. The van der Waals surface area contributed by atoms with Crippen molar-refractivity contribution in [3.63, 3.8) is 0 Å². The summed E-state index contributed by atoms with van der Waals surface area (Å²) < 4.78 is 36.6. The van der Waals surface area contributed by atoms with Gasteiger partial charge >= 0.3 is 5.97 Å². The van der Waals surface area contributed by atoms with E-state index in [0.29, 0.717) is 24.5 Å². The zero-order valence-corrected chi connectivity index (χ0v) is 18.9. The Balaban J connectivity index is 1.43. The molecule has 11 heteroatoms. The van der Waals surface area contributed by atoms with E-state index in [2.05, 4.69) is 10.6 Å². The van der Waals surface area contributed by atoms with E-state index >= 15 is 0 Å². The molecule has 0 bridgehead atoms. The van der Waals surface area contributed by atoms with Gasteiger partial charge in [0.1, 0.15) is 6.54 Å². The molecule has 0 atom stereocenters. The minimum atomic E-state index is -3.63. The smallest absolute Gasteiger partial charge is 0.325 e. The first-order valence-electron chi connectivity index (χ1n) is 10.2. The number of ether oxygens (including phenoxy) is 2. The molecule has 1 aliphatic rings. The molecule has 0 saturated carbocycles. The number of anilines is 1. The molecular formula is C22H25N3O7S. The Morgan fingerprint density at radius 3 is 2.42 bits per heavy atom. The third kappa shape index (κ3) is 6.85. The molecule has 0 aromatic heterocycles. The van der Waals surface area contributed by atoms with E-state index in [1.807, 2.05) is 13.0 Å². The Kier molecular flexibility index (Phi) is 8.15. The van der Waals surface area contributed by atoms with Gasteiger partial charge < -0.3 is 20.1 Å². The fourth-order valence-electron chi connectivity index (χ4n) is 3.08. The van der Waals surface area contributed by atoms with Crippen LogP contribution in [0.1, 0.15) is 15.9 Å². The van der Waals surface area contributed by atoms with Crippen LogP contribution in [-0.2, 0) is 29.1 Å². The number of aryl methyl sites for hydroxylation is 1. The number of benzene rings is 2. The summed E-state index contributed by atoms with van der Waals surface area (Å²) in [6.07, 6.45) is 0. The minimum Gasteiger partial charge on any atom is -0.454 e. The van der Waals surface area contributed by atoms with Gasteiger partial charge in [-0.25, -0.2) is 8.42 Å². The number of nitrogens with zero attached hydrogens (tertiary/aromatic N) is 1. The van der Waals surface area contributed by atoms with Crippen LogP contribution in [-0.4, -0.2) is 70.0 Å². The fraction of sp³-hybridized carbons (Fsp3) is 0.318. The lowest BCUT2D eigenvalue weighted by Gasteiger charge is -2.26. The number of esters is 1. The molecule has 0 aliphatic carbocycles. The SMILES string of the molecule is Cc1cccc(C(=O)NCC(=O)OCC(=O)Nc2ccc(S(=O)(=O)N3CCOCC3)cc2)c1. The van der Waals surface area contributed by atoms with Crippen molar-refractivity contribution in [1.82, 2.24) is 9.62 Å². The van der Waals surface area contributed by atoms with Crippen molar-refractivity contribution in [3.8, 4) is 0 Å². The van der Waals surface area contributed by atoms with Crippen molar-refractivity contribution in [2.75, 3.05) is 44.8 Å². The van der Waals surface area contributed by atoms with Crippen LogP contribution in [0.2, 0.25) is 0 Å². The maximum Gasteiger partial charge on any atom is 0.325 e. The van der Waals surface area contributed by atoms with Crippen molar-refractivity contribution in [2.24, 2.45) is 0 Å². The average Bonchev–Trinajstić information content (AvgIpc) is 2.82. The lowest BCUT2D eigenvalue weighted by Crippen LogP contribution is -2.40. The highest BCUT2D eigenvalue weighted by molar-refractivity contribution is 7.89. The van der Waals surface area contributed by atoms with Crippen molar-refractivity contribution in [3.05, 3.63) is 59.7 Å². The Morgan fingerprint density at radius 1 is 1.06 bits per heavy atom. The minimum absolute atomic E-state index is 0.109. The van der Waals surface area contributed by atoms with Gasteiger partial charge in [0, 0.05) is 24.3 Å². The average molecular weight is 476 g/mol. The van der Waals surface area contributed by atoms with Gasteiger partial charge in [-0.3, -0.25) is 14.4 Å². The van der Waals surface area contributed by atoms with E-state index in [0.717, 1.165) is 5.56 Å². The summed E-state index contributed by atoms with van der Waals surface area (Å²) in [5.74, 6) is -1.79. The number of amides is 2. The van der Waals surface area contributed by atoms with Crippen LogP contribution in [0.25, 0.3) is 0 Å². The Labute approximate surface area is 191 Å². The van der Waals surface area contributed by atoms with Gasteiger partial charge in [-0.2, -0.15) is 4.31 Å². The molecule has 2 aromatic carbocycles. The summed E-state index contributed by atoms with van der Waals surface area (Å²) in [7, 11) is -3.63. The molecule has 33 heavy (non-hydrogen) atoms. The highest BCUT2D eigenvalue weighted by atomic mass is 32.2. The van der Waals surface area contributed by atoms with Crippen LogP contribution in [0.4, 0.5) is 5.69 Å². The molecule has 2 aromatic rings. The molecule has 176 valence electrons. The number of carbonyl (C=O) groups is 3. The van der Waals surface area contributed by atoms with E-state index in [1.165, 1.54) is 28.6 Å². The van der Waals surface area contributed by atoms with E-state index in [4.69, 9.17) is 9.47 Å². The maximum atomic E-state index is 12.6. The summed E-state index contributed by atoms with van der Waals surface area (Å²) in [6.45, 7) is 2.19. The molecule has 2 N–H and O–H groups in total. The molecule has 1 saturated heterocycles. The normalized spacial score (nSPS) is 14.3. The molecule has 0 spiro atoms. The summed E-state index contributed by atoms with van der Waals surface area (Å²) in [4.78, 5) is 36.0. The Hall–Kier alpha value is -3.28. The van der Waals surface area contributed by atoms with E-state index in [9.17, 15) is 22.8 Å². The highest BCUT2D eigenvalue weighted by Crippen LogP contribution is 2.19. The number of sulfonamides is 1. The third-order valence-corrected chi connectivity index (χ3v) is 6.70. The number of nitrogens with one attached hydrogen (secondary N) is 2. The van der Waals surface area contributed by atoms with Crippen molar-refractivity contribution < 1.29 is 32.3 Å². The van der Waals surface area contributed by atoms with Crippen LogP contribution in [0, 0.1) is 6.92 Å². The van der Waals surface area contributed by atoms with Crippen LogP contribution in [0.15, 0.2) is 53.4 Å². The summed E-state index contributed by atoms with van der Waals surface area (Å²) >= 11 is 0. The summed E-state index contributed by atoms with van der Waals surface area (Å²) in [6, 6.07) is 12.6. The lowest BCUT2D eigenvalue weighted by molar-refractivity contribution is -0.146. The zero-order valence-electron chi connectivity index (χ0n) is 18.1. The molecule has 1 heterocycles. The summed E-state index contributed by atoms with van der Waals surface area (Å²) in [5, 5.41) is 4.95. The molecule has 0 unspecified atom stereocenters. The molecule has 3 rings (SSSR count). The topological polar surface area (TPSA) is 131 Å². The van der Waals surface area contributed by atoms with Gasteiger partial charge in [0.05, 0.1) is 18.1 Å². The first kappa shape index (κ1) is 24.4. The second-order valence-electron chi connectivity index (χ2n) is 7.30. The highest BCUT2D eigenvalue weighted by Gasteiger charge is 2.26. The number of morpholine rings is 1. The van der Waals surface area contributed by atoms with Gasteiger partial charge in [0.2, 0.25) is 10.0 Å². The summed E-state index contributed by atoms with van der Waals surface area (Å²) in [5.41, 5.74) is 1.68. The predicted molar refractivity (Wildman–Crippen MR) is 119 cm³/mol. The zero-order chi connectivity index (χ0) is 23.8. The first-order chi connectivity index (χ1) is 15.8. The van der Waals surface area contributed by atoms with Crippen LogP contribution < -0.4 is 10.6 Å². The van der Waals surface area contributed by atoms with Gasteiger partial charge in [-0.1, -0.05) is 17.7 Å². The van der Waals surface area contributed by atoms with E-state index in [1.54, 1.807) is 18.2 Å². The Morgan fingerprint density at radius 2 is 1.76 bits per heavy atom. The van der Waals surface area contributed by atoms with Crippen LogP contribution >= 0.6 is 0 Å². The quantitative estimate of drug-likeness (QED) is 0.543.